The highest BCUT2D eigenvalue weighted by Crippen LogP contribution is 2.21. The number of nitrogens with zero attached hydrogens (tertiary/aromatic N) is 4. The zero-order valence-corrected chi connectivity index (χ0v) is 20.7. The topological polar surface area (TPSA) is 103 Å². The van der Waals surface area contributed by atoms with Crippen molar-refractivity contribution in [1.82, 2.24) is 19.9 Å². The Balaban J connectivity index is 1.28. The molecule has 0 bridgehead atoms. The molecule has 3 N–H and O–H groups in total. The van der Waals surface area contributed by atoms with Gasteiger partial charge in [0, 0.05) is 30.2 Å². The predicted octanol–water partition coefficient (Wildman–Crippen LogP) is 4.37. The lowest BCUT2D eigenvalue weighted by Gasteiger charge is -2.28. The summed E-state index contributed by atoms with van der Waals surface area (Å²) in [5, 5.41) is 17.2. The second-order valence-electron chi connectivity index (χ2n) is 9.49. The summed E-state index contributed by atoms with van der Waals surface area (Å²) in [6.45, 7) is 6.97. The van der Waals surface area contributed by atoms with Crippen LogP contribution in [-0.2, 0) is 17.6 Å². The molecule has 4 rings (SSSR count). The fraction of sp³-hybridized carbons (Fsp3) is 0.481. The van der Waals surface area contributed by atoms with E-state index in [9.17, 15) is 9.90 Å². The Morgan fingerprint density at radius 2 is 2.00 bits per heavy atom. The first-order valence-electron chi connectivity index (χ1n) is 12.7. The number of aromatic nitrogens is 3. The molecule has 0 fully saturated rings. The first-order chi connectivity index (χ1) is 17.0. The van der Waals surface area contributed by atoms with Crippen LogP contribution in [0, 0.1) is 0 Å². The van der Waals surface area contributed by atoms with E-state index in [1.807, 2.05) is 24.3 Å². The van der Waals surface area contributed by atoms with Crippen LogP contribution in [0.1, 0.15) is 50.8 Å². The van der Waals surface area contributed by atoms with Crippen LogP contribution in [0.3, 0.4) is 0 Å². The first kappa shape index (κ1) is 24.9. The number of hydrogen-bond acceptors (Lipinski definition) is 7. The third-order valence-electron chi connectivity index (χ3n) is 6.67. The molecule has 0 spiro atoms. The number of nitrogens with one attached hydrogen (secondary N) is 2. The molecule has 3 aromatic rings. The zero-order valence-electron chi connectivity index (χ0n) is 20.7. The molecule has 0 amide bonds. The van der Waals surface area contributed by atoms with Crippen LogP contribution in [0.5, 0.6) is 0 Å². The molecule has 35 heavy (non-hydrogen) atoms. The van der Waals surface area contributed by atoms with Crippen molar-refractivity contribution in [1.29, 1.82) is 0 Å². The van der Waals surface area contributed by atoms with Crippen molar-refractivity contribution in [3.05, 3.63) is 54.0 Å². The molecule has 0 saturated carbocycles. The molecule has 0 unspecified atom stereocenters. The predicted molar refractivity (Wildman–Crippen MR) is 140 cm³/mol. The molecular formula is C27H36N6O2. The Hall–Kier alpha value is -3.26. The third kappa shape index (κ3) is 6.66. The number of aryl methyl sites for hydroxylation is 2. The Labute approximate surface area is 207 Å². The summed E-state index contributed by atoms with van der Waals surface area (Å²) in [6.07, 6.45) is 7.31. The minimum Gasteiger partial charge on any atom is -0.480 e. The van der Waals surface area contributed by atoms with Crippen molar-refractivity contribution in [3.63, 3.8) is 0 Å². The smallest absolute Gasteiger partial charge is 0.326 e. The van der Waals surface area contributed by atoms with Crippen LogP contribution in [0.2, 0.25) is 0 Å². The van der Waals surface area contributed by atoms with Gasteiger partial charge in [0.1, 0.15) is 24.0 Å². The van der Waals surface area contributed by atoms with E-state index in [-0.39, 0.29) is 0 Å². The number of carboxylic acid groups (broad SMARTS) is 1. The molecule has 1 aliphatic heterocycles. The van der Waals surface area contributed by atoms with E-state index in [2.05, 4.69) is 51.5 Å². The Kier molecular flexibility index (Phi) is 8.47. The molecule has 2 aromatic heterocycles. The SMILES string of the molecule is CC(C)N(CCCCc1ccc2c(n1)NCCC2)CC[C@H](Nc1ncnc2ccccc12)C(=O)O. The lowest BCUT2D eigenvalue weighted by Crippen LogP contribution is -2.38. The van der Waals surface area contributed by atoms with Crippen molar-refractivity contribution in [2.75, 3.05) is 30.3 Å². The van der Waals surface area contributed by atoms with Crippen molar-refractivity contribution >= 4 is 28.5 Å². The summed E-state index contributed by atoms with van der Waals surface area (Å²) < 4.78 is 0. The van der Waals surface area contributed by atoms with Gasteiger partial charge in [0.05, 0.1) is 5.52 Å². The highest BCUT2D eigenvalue weighted by atomic mass is 16.4. The van der Waals surface area contributed by atoms with Gasteiger partial charge in [0.2, 0.25) is 0 Å². The molecule has 0 aliphatic carbocycles. The van der Waals surface area contributed by atoms with E-state index in [4.69, 9.17) is 4.98 Å². The lowest BCUT2D eigenvalue weighted by molar-refractivity contribution is -0.138. The number of fused-ring (bicyclic) bond motifs is 2. The van der Waals surface area contributed by atoms with Gasteiger partial charge in [-0.3, -0.25) is 0 Å². The molecule has 1 aromatic carbocycles. The van der Waals surface area contributed by atoms with Gasteiger partial charge in [-0.25, -0.2) is 19.7 Å². The molecule has 0 radical (unpaired) electrons. The van der Waals surface area contributed by atoms with Crippen molar-refractivity contribution in [2.24, 2.45) is 0 Å². The Morgan fingerprint density at radius 3 is 2.83 bits per heavy atom. The minimum absolute atomic E-state index is 0.343. The van der Waals surface area contributed by atoms with Crippen LogP contribution < -0.4 is 10.6 Å². The second-order valence-corrected chi connectivity index (χ2v) is 9.49. The summed E-state index contributed by atoms with van der Waals surface area (Å²) in [5.74, 6) is 0.746. The van der Waals surface area contributed by atoms with E-state index >= 15 is 0 Å². The van der Waals surface area contributed by atoms with Crippen LogP contribution >= 0.6 is 0 Å². The Morgan fingerprint density at radius 1 is 1.14 bits per heavy atom. The van der Waals surface area contributed by atoms with Crippen molar-refractivity contribution in [3.8, 4) is 0 Å². The number of rotatable bonds is 12. The number of benzene rings is 1. The standard InChI is InChI=1S/C27H36N6O2/c1-19(2)33(16-6-5-9-21-13-12-20-8-7-15-28-25(20)31-21)17-14-24(27(34)35)32-26-22-10-3-4-11-23(22)29-18-30-26/h3-4,10-13,18-19,24H,5-9,14-17H2,1-2H3,(H,28,31)(H,34,35)(H,29,30,32)/t24-/m0/s1. The summed E-state index contributed by atoms with van der Waals surface area (Å²) >= 11 is 0. The van der Waals surface area contributed by atoms with Crippen LogP contribution in [0.15, 0.2) is 42.7 Å². The average molecular weight is 477 g/mol. The molecule has 8 heteroatoms. The summed E-state index contributed by atoms with van der Waals surface area (Å²) in [4.78, 5) is 27.7. The largest absolute Gasteiger partial charge is 0.480 e. The number of carbonyl (C=O) groups is 1. The molecule has 3 heterocycles. The maximum Gasteiger partial charge on any atom is 0.326 e. The number of hydrogen-bond donors (Lipinski definition) is 3. The van der Waals surface area contributed by atoms with Crippen molar-refractivity contribution in [2.45, 2.75) is 64.5 Å². The minimum atomic E-state index is -0.872. The fourth-order valence-corrected chi connectivity index (χ4v) is 4.59. The molecule has 1 atom stereocenters. The Bertz CT molecular complexity index is 1130. The molecule has 0 saturated heterocycles. The third-order valence-corrected chi connectivity index (χ3v) is 6.67. The van der Waals surface area contributed by atoms with Gasteiger partial charge in [-0.2, -0.15) is 0 Å². The number of anilines is 2. The van der Waals surface area contributed by atoms with Gasteiger partial charge in [-0.05, 0) is 82.7 Å². The summed E-state index contributed by atoms with van der Waals surface area (Å²) in [6, 6.07) is 11.6. The number of unbranched alkanes of at least 4 members (excludes halogenated alkanes) is 1. The monoisotopic (exact) mass is 476 g/mol. The van der Waals surface area contributed by atoms with E-state index in [1.54, 1.807) is 0 Å². The van der Waals surface area contributed by atoms with E-state index in [0.29, 0.717) is 24.8 Å². The summed E-state index contributed by atoms with van der Waals surface area (Å²) in [5.41, 5.74) is 3.26. The summed E-state index contributed by atoms with van der Waals surface area (Å²) in [7, 11) is 0. The fourth-order valence-electron chi connectivity index (χ4n) is 4.59. The number of para-hydroxylation sites is 1. The van der Waals surface area contributed by atoms with Crippen LogP contribution in [0.25, 0.3) is 10.9 Å². The molecule has 8 nitrogen and oxygen atoms in total. The van der Waals surface area contributed by atoms with Gasteiger partial charge in [-0.15, -0.1) is 0 Å². The first-order valence-corrected chi connectivity index (χ1v) is 12.7. The zero-order chi connectivity index (χ0) is 24.6. The molecular weight excluding hydrogens is 440 g/mol. The maximum absolute atomic E-state index is 12.0. The van der Waals surface area contributed by atoms with Gasteiger partial charge in [0.15, 0.2) is 0 Å². The molecule has 1 aliphatic rings. The van der Waals surface area contributed by atoms with Gasteiger partial charge in [-0.1, -0.05) is 18.2 Å². The molecule has 186 valence electrons. The average Bonchev–Trinajstić information content (AvgIpc) is 2.87. The van der Waals surface area contributed by atoms with E-state index in [0.717, 1.165) is 61.2 Å². The quantitative estimate of drug-likeness (QED) is 0.331. The highest BCUT2D eigenvalue weighted by Gasteiger charge is 2.21. The van der Waals surface area contributed by atoms with E-state index < -0.39 is 12.0 Å². The number of carboxylic acids is 1. The normalized spacial score (nSPS) is 14.1. The van der Waals surface area contributed by atoms with Gasteiger partial charge >= 0.3 is 5.97 Å². The second kappa shape index (κ2) is 11.9. The highest BCUT2D eigenvalue weighted by molar-refractivity contribution is 5.90. The number of aliphatic carboxylic acids is 1. The number of pyridine rings is 1. The van der Waals surface area contributed by atoms with Gasteiger partial charge < -0.3 is 20.6 Å². The van der Waals surface area contributed by atoms with Crippen LogP contribution in [0.4, 0.5) is 11.6 Å². The van der Waals surface area contributed by atoms with Crippen molar-refractivity contribution < 1.29 is 9.90 Å². The maximum atomic E-state index is 12.0. The lowest BCUT2D eigenvalue weighted by atomic mass is 10.1. The van der Waals surface area contributed by atoms with Gasteiger partial charge in [0.25, 0.3) is 0 Å². The van der Waals surface area contributed by atoms with Crippen LogP contribution in [-0.4, -0.2) is 62.6 Å². The van der Waals surface area contributed by atoms with E-state index in [1.165, 1.54) is 18.3 Å².